The molecule has 0 saturated carbocycles. The molecule has 0 spiro atoms. The van der Waals surface area contributed by atoms with E-state index in [4.69, 9.17) is 4.74 Å². The summed E-state index contributed by atoms with van der Waals surface area (Å²) in [6.45, 7) is 0. The van der Waals surface area contributed by atoms with Crippen LogP contribution in [0, 0.1) is 11.8 Å². The van der Waals surface area contributed by atoms with E-state index in [9.17, 15) is 13.2 Å². The molecule has 1 atom stereocenters. The van der Waals surface area contributed by atoms with Crippen LogP contribution >= 0.6 is 0 Å². The summed E-state index contributed by atoms with van der Waals surface area (Å²) in [5.41, 5.74) is 4.86. The fourth-order valence-electron chi connectivity index (χ4n) is 3.66. The molecule has 180 valence electrons. The molecule has 36 heavy (non-hydrogen) atoms. The normalized spacial score (nSPS) is 11.7. The predicted molar refractivity (Wildman–Crippen MR) is 141 cm³/mol. The average Bonchev–Trinajstić information content (AvgIpc) is 2.93. The summed E-state index contributed by atoms with van der Waals surface area (Å²) in [6, 6.07) is 32.8. The van der Waals surface area contributed by atoms with Crippen molar-refractivity contribution in [1.82, 2.24) is 4.72 Å². The first-order valence-electron chi connectivity index (χ1n) is 11.4. The van der Waals surface area contributed by atoms with Gasteiger partial charge in [-0.15, -0.1) is 0 Å². The van der Waals surface area contributed by atoms with Crippen molar-refractivity contribution in [1.29, 1.82) is 0 Å². The molecule has 0 aliphatic rings. The van der Waals surface area contributed by atoms with Gasteiger partial charge in [-0.3, -0.25) is 4.79 Å². The van der Waals surface area contributed by atoms with Gasteiger partial charge in [0.2, 0.25) is 10.0 Å². The number of sulfonamides is 1. The van der Waals surface area contributed by atoms with E-state index in [2.05, 4.69) is 28.7 Å². The van der Waals surface area contributed by atoms with Crippen LogP contribution < -0.4 is 4.72 Å². The standard InChI is InChI=1S/C30H25NO4S/c1-35-30(32)29(14-8-11-23-9-4-2-5-10-23)31-36(33,34)28-21-19-27(20-22-28)26-17-15-25(16-18-26)24-12-6-3-7-13-24/h2-7,9-10,12-13,15-22,29,31H,14H2,1H3. The van der Waals surface area contributed by atoms with Crippen LogP contribution in [-0.4, -0.2) is 27.5 Å². The molecule has 1 unspecified atom stereocenters. The first-order valence-corrected chi connectivity index (χ1v) is 12.8. The van der Waals surface area contributed by atoms with Crippen molar-refractivity contribution in [3.8, 4) is 34.1 Å². The van der Waals surface area contributed by atoms with Crippen molar-refractivity contribution in [3.05, 3.63) is 115 Å². The Morgan fingerprint density at radius 2 is 1.22 bits per heavy atom. The van der Waals surface area contributed by atoms with Crippen molar-refractivity contribution in [2.24, 2.45) is 0 Å². The first-order chi connectivity index (χ1) is 17.5. The molecular formula is C30H25NO4S. The highest BCUT2D eigenvalue weighted by atomic mass is 32.2. The lowest BCUT2D eigenvalue weighted by molar-refractivity contribution is -0.142. The Balaban J connectivity index is 1.48. The number of ether oxygens (including phenoxy) is 1. The average molecular weight is 496 g/mol. The minimum absolute atomic E-state index is 0.0212. The third kappa shape index (κ3) is 6.28. The number of benzene rings is 4. The zero-order valence-corrected chi connectivity index (χ0v) is 20.5. The monoisotopic (exact) mass is 495 g/mol. The van der Waals surface area contributed by atoms with Crippen LogP contribution in [0.5, 0.6) is 0 Å². The SMILES string of the molecule is COC(=O)C(CC#Cc1ccccc1)NS(=O)(=O)c1ccc(-c2ccc(-c3ccccc3)cc2)cc1. The van der Waals surface area contributed by atoms with Crippen molar-refractivity contribution >= 4 is 16.0 Å². The Morgan fingerprint density at radius 1 is 0.750 bits per heavy atom. The molecule has 1 N–H and O–H groups in total. The summed E-state index contributed by atoms with van der Waals surface area (Å²) < 4.78 is 33.2. The van der Waals surface area contributed by atoms with Gasteiger partial charge in [0, 0.05) is 12.0 Å². The van der Waals surface area contributed by atoms with Gasteiger partial charge in [0.25, 0.3) is 0 Å². The number of rotatable bonds is 7. The van der Waals surface area contributed by atoms with Gasteiger partial charge in [0.05, 0.1) is 12.0 Å². The number of nitrogens with one attached hydrogen (secondary N) is 1. The molecular weight excluding hydrogens is 470 g/mol. The van der Waals surface area contributed by atoms with Crippen molar-refractivity contribution < 1.29 is 17.9 Å². The summed E-state index contributed by atoms with van der Waals surface area (Å²) in [5, 5.41) is 0. The smallest absolute Gasteiger partial charge is 0.324 e. The van der Waals surface area contributed by atoms with E-state index < -0.39 is 22.0 Å². The van der Waals surface area contributed by atoms with Crippen LogP contribution in [0.15, 0.2) is 114 Å². The van der Waals surface area contributed by atoms with Crippen LogP contribution in [-0.2, 0) is 19.6 Å². The van der Waals surface area contributed by atoms with Crippen LogP contribution in [0.1, 0.15) is 12.0 Å². The summed E-state index contributed by atoms with van der Waals surface area (Å²) in [4.78, 5) is 12.3. The second-order valence-corrected chi connectivity index (χ2v) is 9.75. The molecule has 0 amide bonds. The maximum absolute atomic E-state index is 13.0. The van der Waals surface area contributed by atoms with E-state index >= 15 is 0 Å². The Labute approximate surface area is 211 Å². The molecule has 0 saturated heterocycles. The highest BCUT2D eigenvalue weighted by Crippen LogP contribution is 2.25. The number of hydrogen-bond acceptors (Lipinski definition) is 4. The van der Waals surface area contributed by atoms with Crippen LogP contribution in [0.2, 0.25) is 0 Å². The number of esters is 1. The predicted octanol–water partition coefficient (Wildman–Crippen LogP) is 5.28. The molecule has 4 aromatic rings. The zero-order valence-electron chi connectivity index (χ0n) is 19.7. The molecule has 0 aromatic heterocycles. The summed E-state index contributed by atoms with van der Waals surface area (Å²) in [7, 11) is -2.76. The van der Waals surface area contributed by atoms with Crippen molar-refractivity contribution in [2.45, 2.75) is 17.4 Å². The Morgan fingerprint density at radius 3 is 1.75 bits per heavy atom. The quantitative estimate of drug-likeness (QED) is 0.280. The molecule has 4 aromatic carbocycles. The molecule has 0 radical (unpaired) electrons. The van der Waals surface area contributed by atoms with Gasteiger partial charge in [-0.25, -0.2) is 8.42 Å². The molecule has 4 rings (SSSR count). The molecule has 0 aliphatic heterocycles. The fourth-order valence-corrected chi connectivity index (χ4v) is 4.84. The Hall–Kier alpha value is -4.18. The fraction of sp³-hybridized carbons (Fsp3) is 0.100. The highest BCUT2D eigenvalue weighted by Gasteiger charge is 2.25. The first kappa shape index (κ1) is 24.9. The van der Waals surface area contributed by atoms with Crippen LogP contribution in [0.3, 0.4) is 0 Å². The number of carbonyl (C=O) groups is 1. The van der Waals surface area contributed by atoms with Gasteiger partial charge in [0.1, 0.15) is 6.04 Å². The lowest BCUT2D eigenvalue weighted by atomic mass is 10.0. The van der Waals surface area contributed by atoms with Crippen molar-refractivity contribution in [2.75, 3.05) is 7.11 Å². The van der Waals surface area contributed by atoms with Gasteiger partial charge in [-0.1, -0.05) is 96.8 Å². The van der Waals surface area contributed by atoms with E-state index in [-0.39, 0.29) is 11.3 Å². The molecule has 0 aliphatic carbocycles. The maximum atomic E-state index is 13.0. The lowest BCUT2D eigenvalue weighted by Crippen LogP contribution is -2.41. The number of carbonyl (C=O) groups excluding carboxylic acids is 1. The van der Waals surface area contributed by atoms with E-state index in [1.807, 2.05) is 72.8 Å². The van der Waals surface area contributed by atoms with E-state index in [1.165, 1.54) is 19.2 Å². The lowest BCUT2D eigenvalue weighted by Gasteiger charge is -2.14. The molecule has 0 bridgehead atoms. The third-order valence-electron chi connectivity index (χ3n) is 5.59. The van der Waals surface area contributed by atoms with E-state index in [0.29, 0.717) is 0 Å². The van der Waals surface area contributed by atoms with Crippen LogP contribution in [0.25, 0.3) is 22.3 Å². The second kappa shape index (κ2) is 11.5. The van der Waals surface area contributed by atoms with Gasteiger partial charge >= 0.3 is 5.97 Å². The number of methoxy groups -OCH3 is 1. The summed E-state index contributed by atoms with van der Waals surface area (Å²) >= 11 is 0. The topological polar surface area (TPSA) is 72.5 Å². The zero-order chi connectivity index (χ0) is 25.4. The summed E-state index contributed by atoms with van der Waals surface area (Å²) in [5.74, 6) is 5.09. The Kier molecular flexibility index (Phi) is 7.96. The van der Waals surface area contributed by atoms with Gasteiger partial charge in [0.15, 0.2) is 0 Å². The molecule has 0 fully saturated rings. The van der Waals surface area contributed by atoms with Crippen LogP contribution in [0.4, 0.5) is 0 Å². The van der Waals surface area contributed by atoms with Gasteiger partial charge in [-0.05, 0) is 46.5 Å². The second-order valence-electron chi connectivity index (χ2n) is 8.04. The van der Waals surface area contributed by atoms with Crippen molar-refractivity contribution in [3.63, 3.8) is 0 Å². The highest BCUT2D eigenvalue weighted by molar-refractivity contribution is 7.89. The molecule has 6 heteroatoms. The third-order valence-corrected chi connectivity index (χ3v) is 7.07. The van der Waals surface area contributed by atoms with E-state index in [1.54, 1.807) is 12.1 Å². The molecule has 0 heterocycles. The number of hydrogen-bond donors (Lipinski definition) is 1. The Bertz CT molecular complexity index is 1470. The van der Waals surface area contributed by atoms with E-state index in [0.717, 1.165) is 27.8 Å². The minimum Gasteiger partial charge on any atom is -0.468 e. The van der Waals surface area contributed by atoms with Gasteiger partial charge in [-0.2, -0.15) is 4.72 Å². The molecule has 5 nitrogen and oxygen atoms in total. The maximum Gasteiger partial charge on any atom is 0.324 e. The van der Waals surface area contributed by atoms with Gasteiger partial charge < -0.3 is 4.74 Å². The largest absolute Gasteiger partial charge is 0.468 e. The minimum atomic E-state index is -3.97. The summed E-state index contributed by atoms with van der Waals surface area (Å²) in [6.07, 6.45) is -0.0212.